The van der Waals surface area contributed by atoms with E-state index in [9.17, 15) is 0 Å². The van der Waals surface area contributed by atoms with Crippen molar-refractivity contribution in [2.45, 2.75) is 25.1 Å². The van der Waals surface area contributed by atoms with E-state index in [1.807, 2.05) is 41.2 Å². The highest BCUT2D eigenvalue weighted by Gasteiger charge is 2.32. The topological polar surface area (TPSA) is 67.8 Å². The number of rotatable bonds is 5. The predicted octanol–water partition coefficient (Wildman–Crippen LogP) is 2.22. The molecule has 0 unspecified atom stereocenters. The first-order valence-corrected chi connectivity index (χ1v) is 7.84. The first-order chi connectivity index (χ1) is 11.4. The molecule has 1 aromatic carbocycles. The first-order valence-electron chi connectivity index (χ1n) is 7.84. The molecule has 0 radical (unpaired) electrons. The fourth-order valence-corrected chi connectivity index (χ4v) is 3.03. The van der Waals surface area contributed by atoms with Crippen molar-refractivity contribution >= 4 is 0 Å². The summed E-state index contributed by atoms with van der Waals surface area (Å²) in [6, 6.07) is 14.4. The summed E-state index contributed by atoms with van der Waals surface area (Å²) in [6.07, 6.45) is 4.58. The molecule has 2 aromatic heterocycles. The molecule has 1 aliphatic heterocycles. The number of ether oxygens (including phenoxy) is 1. The van der Waals surface area contributed by atoms with Crippen LogP contribution in [0.3, 0.4) is 0 Å². The number of hydrogen-bond acceptors (Lipinski definition) is 4. The zero-order valence-corrected chi connectivity index (χ0v) is 12.7. The Morgan fingerprint density at radius 3 is 2.91 bits per heavy atom. The summed E-state index contributed by atoms with van der Waals surface area (Å²) in [6.45, 7) is 1.51. The zero-order chi connectivity index (χ0) is 15.5. The molecular weight excluding hydrogens is 290 g/mol. The lowest BCUT2D eigenvalue weighted by Gasteiger charge is -2.20. The van der Waals surface area contributed by atoms with Gasteiger partial charge >= 0.3 is 0 Å². The maximum Gasteiger partial charge on any atom is 0.115 e. The summed E-state index contributed by atoms with van der Waals surface area (Å²) in [4.78, 5) is 0. The molecule has 6 heteroatoms. The molecule has 0 spiro atoms. The van der Waals surface area contributed by atoms with Crippen LogP contribution in [0.1, 0.15) is 23.9 Å². The van der Waals surface area contributed by atoms with Crippen LogP contribution in [0, 0.1) is 0 Å². The molecule has 0 bridgehead atoms. The number of H-pyrrole nitrogens is 1. The van der Waals surface area contributed by atoms with Gasteiger partial charge in [0.05, 0.1) is 11.4 Å². The Labute approximate surface area is 134 Å². The minimum atomic E-state index is 0.000581. The third-order valence-electron chi connectivity index (χ3n) is 4.17. The molecule has 3 aromatic rings. The van der Waals surface area contributed by atoms with Crippen LogP contribution in [0.5, 0.6) is 0 Å². The average Bonchev–Trinajstić information content (AvgIpc) is 3.33. The standard InChI is InChI=1S/C17H19N5O/c1-2-4-14(5-3-1)22-16(7-10-20-22)17-15(8-11-23-17)18-12-13-6-9-19-21-13/h1-7,9-10,15,17-18H,8,11-12H2,(H,19,21)/t15-,17-/m0/s1. The van der Waals surface area contributed by atoms with Crippen molar-refractivity contribution in [1.29, 1.82) is 0 Å². The minimum Gasteiger partial charge on any atom is -0.370 e. The van der Waals surface area contributed by atoms with Gasteiger partial charge in [-0.3, -0.25) is 5.10 Å². The number of nitrogens with one attached hydrogen (secondary N) is 2. The van der Waals surface area contributed by atoms with Crippen molar-refractivity contribution in [1.82, 2.24) is 25.3 Å². The maximum absolute atomic E-state index is 5.99. The SMILES string of the molecule is c1ccc(-n2nccc2[C@H]2OCC[C@@H]2NCc2ccn[nH]2)cc1. The molecule has 118 valence electrons. The van der Waals surface area contributed by atoms with Crippen LogP contribution in [-0.4, -0.2) is 32.6 Å². The Kier molecular flexibility index (Phi) is 3.92. The van der Waals surface area contributed by atoms with Crippen LogP contribution in [0.15, 0.2) is 54.9 Å². The fourth-order valence-electron chi connectivity index (χ4n) is 3.03. The van der Waals surface area contributed by atoms with Crippen LogP contribution in [-0.2, 0) is 11.3 Å². The van der Waals surface area contributed by atoms with Crippen molar-refractivity contribution in [3.05, 3.63) is 66.2 Å². The van der Waals surface area contributed by atoms with Crippen molar-refractivity contribution in [3.8, 4) is 5.69 Å². The fraction of sp³-hybridized carbons (Fsp3) is 0.294. The molecule has 0 saturated carbocycles. The van der Waals surface area contributed by atoms with Gasteiger partial charge < -0.3 is 10.1 Å². The van der Waals surface area contributed by atoms with E-state index < -0.39 is 0 Å². The van der Waals surface area contributed by atoms with E-state index >= 15 is 0 Å². The van der Waals surface area contributed by atoms with Crippen LogP contribution in [0.25, 0.3) is 5.69 Å². The first kappa shape index (κ1) is 14.2. The van der Waals surface area contributed by atoms with Crippen LogP contribution in [0.2, 0.25) is 0 Å². The predicted molar refractivity (Wildman–Crippen MR) is 86.1 cm³/mol. The Hall–Kier alpha value is -2.44. The van der Waals surface area contributed by atoms with Crippen LogP contribution in [0.4, 0.5) is 0 Å². The van der Waals surface area contributed by atoms with Gasteiger partial charge in [-0.1, -0.05) is 18.2 Å². The second-order valence-electron chi connectivity index (χ2n) is 5.65. The van der Waals surface area contributed by atoms with E-state index in [2.05, 4.69) is 32.7 Å². The summed E-state index contributed by atoms with van der Waals surface area (Å²) in [7, 11) is 0. The molecule has 4 rings (SSSR count). The van der Waals surface area contributed by atoms with Crippen LogP contribution < -0.4 is 5.32 Å². The molecular formula is C17H19N5O. The van der Waals surface area contributed by atoms with E-state index in [1.165, 1.54) is 0 Å². The minimum absolute atomic E-state index is 0.000581. The highest BCUT2D eigenvalue weighted by Crippen LogP contribution is 2.30. The molecule has 23 heavy (non-hydrogen) atoms. The van der Waals surface area contributed by atoms with Gasteiger partial charge in [0.15, 0.2) is 0 Å². The van der Waals surface area contributed by atoms with Gasteiger partial charge in [-0.25, -0.2) is 4.68 Å². The van der Waals surface area contributed by atoms with E-state index in [0.717, 1.165) is 36.6 Å². The number of nitrogens with zero attached hydrogens (tertiary/aromatic N) is 3. The Bertz CT molecular complexity index is 737. The molecule has 6 nitrogen and oxygen atoms in total. The summed E-state index contributed by atoms with van der Waals surface area (Å²) in [5.41, 5.74) is 3.21. The van der Waals surface area contributed by atoms with E-state index in [0.29, 0.717) is 0 Å². The van der Waals surface area contributed by atoms with Crippen molar-refractivity contribution in [3.63, 3.8) is 0 Å². The van der Waals surface area contributed by atoms with Crippen LogP contribution >= 0.6 is 0 Å². The molecule has 0 aliphatic carbocycles. The molecule has 3 heterocycles. The van der Waals surface area contributed by atoms with Crippen molar-refractivity contribution < 1.29 is 4.74 Å². The summed E-state index contributed by atoms with van der Waals surface area (Å²) in [5.74, 6) is 0. The molecule has 2 atom stereocenters. The second-order valence-corrected chi connectivity index (χ2v) is 5.65. The van der Waals surface area contributed by atoms with Crippen molar-refractivity contribution in [2.75, 3.05) is 6.61 Å². The molecule has 1 fully saturated rings. The molecule has 0 amide bonds. The number of benzene rings is 1. The van der Waals surface area contributed by atoms with Gasteiger partial charge in [0.2, 0.25) is 0 Å². The van der Waals surface area contributed by atoms with Gasteiger partial charge in [0.25, 0.3) is 0 Å². The molecule has 1 aliphatic rings. The number of aromatic nitrogens is 4. The van der Waals surface area contributed by atoms with E-state index in [4.69, 9.17) is 4.74 Å². The lowest BCUT2D eigenvalue weighted by atomic mass is 10.1. The third-order valence-corrected chi connectivity index (χ3v) is 4.17. The lowest BCUT2D eigenvalue weighted by Crippen LogP contribution is -2.32. The number of para-hydroxylation sites is 1. The normalized spacial score (nSPS) is 20.9. The Balaban J connectivity index is 1.54. The zero-order valence-electron chi connectivity index (χ0n) is 12.7. The lowest BCUT2D eigenvalue weighted by molar-refractivity contribution is 0.0930. The summed E-state index contributed by atoms with van der Waals surface area (Å²) < 4.78 is 7.95. The van der Waals surface area contributed by atoms with E-state index in [1.54, 1.807) is 6.20 Å². The third kappa shape index (κ3) is 2.91. The molecule has 2 N–H and O–H groups in total. The highest BCUT2D eigenvalue weighted by atomic mass is 16.5. The Morgan fingerprint density at radius 1 is 1.17 bits per heavy atom. The number of aromatic amines is 1. The molecule has 1 saturated heterocycles. The van der Waals surface area contributed by atoms with Gasteiger partial charge in [-0.05, 0) is 30.7 Å². The maximum atomic E-state index is 5.99. The Morgan fingerprint density at radius 2 is 2.09 bits per heavy atom. The smallest absolute Gasteiger partial charge is 0.115 e. The highest BCUT2D eigenvalue weighted by molar-refractivity contribution is 5.33. The number of hydrogen-bond donors (Lipinski definition) is 2. The van der Waals surface area contributed by atoms with Crippen molar-refractivity contribution in [2.24, 2.45) is 0 Å². The van der Waals surface area contributed by atoms with Gasteiger partial charge in [-0.2, -0.15) is 10.2 Å². The van der Waals surface area contributed by atoms with Gasteiger partial charge in [-0.15, -0.1) is 0 Å². The quantitative estimate of drug-likeness (QED) is 0.758. The summed E-state index contributed by atoms with van der Waals surface area (Å²) >= 11 is 0. The monoisotopic (exact) mass is 309 g/mol. The van der Waals surface area contributed by atoms with Gasteiger partial charge in [0.1, 0.15) is 6.10 Å². The van der Waals surface area contributed by atoms with E-state index in [-0.39, 0.29) is 12.1 Å². The average molecular weight is 309 g/mol. The summed E-state index contributed by atoms with van der Waals surface area (Å²) in [5, 5.41) is 15.0. The second kappa shape index (κ2) is 6.36. The van der Waals surface area contributed by atoms with Gasteiger partial charge in [0, 0.05) is 37.3 Å². The largest absolute Gasteiger partial charge is 0.370 e.